The second kappa shape index (κ2) is 44.1. The summed E-state index contributed by atoms with van der Waals surface area (Å²) in [7, 11) is 0. The lowest BCUT2D eigenvalue weighted by molar-refractivity contribution is -0.121. The summed E-state index contributed by atoms with van der Waals surface area (Å²) in [6, 6.07) is 3.66. The van der Waals surface area contributed by atoms with E-state index in [1.165, 1.54) is 154 Å². The van der Waals surface area contributed by atoms with E-state index in [4.69, 9.17) is 19.3 Å². The Labute approximate surface area is 376 Å². The summed E-state index contributed by atoms with van der Waals surface area (Å²) in [6.07, 6.45) is 42.5. The molecule has 0 heterocycles. The van der Waals surface area contributed by atoms with Gasteiger partial charge in [0.25, 0.3) is 5.91 Å². The van der Waals surface area contributed by atoms with Crippen LogP contribution in [0.4, 0.5) is 0 Å². The Hall–Kier alpha value is -2.48. The van der Waals surface area contributed by atoms with Crippen LogP contribution in [0.2, 0.25) is 0 Å². The van der Waals surface area contributed by atoms with Crippen molar-refractivity contribution in [1.82, 2.24) is 10.6 Å². The van der Waals surface area contributed by atoms with Gasteiger partial charge in [0.05, 0.1) is 19.8 Å². The van der Waals surface area contributed by atoms with Crippen molar-refractivity contribution in [2.75, 3.05) is 39.5 Å². The van der Waals surface area contributed by atoms with Crippen LogP contribution in [-0.4, -0.2) is 56.4 Å². The van der Waals surface area contributed by atoms with Crippen molar-refractivity contribution < 1.29 is 28.9 Å². The number of carbonyl (C=O) groups excluding carboxylic acids is 2. The number of aliphatic hydroxyl groups excluding tert-OH is 1. The Morgan fingerprint density at radius 3 is 1.18 bits per heavy atom. The second-order valence-electron chi connectivity index (χ2n) is 17.7. The van der Waals surface area contributed by atoms with Crippen LogP contribution in [0.15, 0.2) is 12.1 Å². The molecule has 8 heteroatoms. The number of nitrogens with one attached hydrogen (secondary N) is 2. The molecule has 8 nitrogen and oxygen atoms in total. The fourth-order valence-electron chi connectivity index (χ4n) is 7.83. The highest BCUT2D eigenvalue weighted by molar-refractivity contribution is 5.95. The van der Waals surface area contributed by atoms with Crippen LogP contribution < -0.4 is 24.8 Å². The monoisotopic (exact) mass is 859 g/mol. The molecule has 0 aliphatic rings. The van der Waals surface area contributed by atoms with E-state index >= 15 is 0 Å². The van der Waals surface area contributed by atoms with Gasteiger partial charge in [-0.05, 0) is 50.7 Å². The van der Waals surface area contributed by atoms with Gasteiger partial charge in [-0.2, -0.15) is 0 Å². The van der Waals surface area contributed by atoms with Gasteiger partial charge in [-0.1, -0.05) is 207 Å². The first-order valence-corrected chi connectivity index (χ1v) is 26.3. The van der Waals surface area contributed by atoms with Crippen molar-refractivity contribution in [3.8, 4) is 17.2 Å². The fourth-order valence-corrected chi connectivity index (χ4v) is 7.83. The third-order valence-electron chi connectivity index (χ3n) is 11.8. The van der Waals surface area contributed by atoms with Gasteiger partial charge in [0.15, 0.2) is 11.5 Å². The summed E-state index contributed by atoms with van der Waals surface area (Å²) >= 11 is 0. The van der Waals surface area contributed by atoms with Gasteiger partial charge in [-0.15, -0.1) is 0 Å². The Bertz CT molecular complexity index is 1080. The molecule has 0 bridgehead atoms. The number of carbonyl (C=O) groups is 2. The normalized spacial score (nSPS) is 11.2. The highest BCUT2D eigenvalue weighted by Crippen LogP contribution is 2.40. The summed E-state index contributed by atoms with van der Waals surface area (Å²) in [5, 5.41) is 15.0. The zero-order valence-corrected chi connectivity index (χ0v) is 40.3. The minimum absolute atomic E-state index is 0.00522. The number of unbranched alkanes of at least 4 members (excludes halogenated alkanes) is 30. The number of amides is 2. The van der Waals surface area contributed by atoms with E-state index in [1.807, 2.05) is 12.1 Å². The number of benzene rings is 1. The molecule has 2 amide bonds. The van der Waals surface area contributed by atoms with E-state index < -0.39 is 0 Å². The van der Waals surface area contributed by atoms with E-state index in [0.717, 1.165) is 64.2 Å². The molecule has 0 radical (unpaired) electrons. The summed E-state index contributed by atoms with van der Waals surface area (Å²) < 4.78 is 19.5. The molecule has 1 aromatic carbocycles. The molecule has 0 aliphatic carbocycles. The van der Waals surface area contributed by atoms with Crippen molar-refractivity contribution >= 4 is 11.8 Å². The third kappa shape index (κ3) is 34.7. The van der Waals surface area contributed by atoms with Crippen LogP contribution >= 0.6 is 0 Å². The van der Waals surface area contributed by atoms with Crippen LogP contribution in [0.5, 0.6) is 17.2 Å². The SMILES string of the molecule is CCCCCCCCCCCCOc1cc(C(=O)NCCCC(=O)NCCCCCCO)cc(OCCCCCCCCCCCC)c1OCCCCCCCCCCCC. The maximum atomic E-state index is 13.6. The molecule has 61 heavy (non-hydrogen) atoms. The topological polar surface area (TPSA) is 106 Å². The standard InChI is InChI=1S/C53H98N2O6/c1-4-7-10-13-16-19-22-25-30-35-43-59-49-46-48(53(58)55-41-38-39-51(57)54-40-33-28-29-34-42-56)47-50(60-44-36-31-26-23-20-17-14-11-8-5-2)52(49)61-45-37-32-27-24-21-18-15-12-9-6-3/h46-47,56H,4-45H2,1-3H3,(H,54,57)(H,55,58). The maximum Gasteiger partial charge on any atom is 0.251 e. The van der Waals surface area contributed by atoms with Crippen molar-refractivity contribution in [1.29, 1.82) is 0 Å². The molecule has 1 aromatic rings. The Morgan fingerprint density at radius 2 is 0.770 bits per heavy atom. The number of hydrogen-bond donors (Lipinski definition) is 3. The van der Waals surface area contributed by atoms with Crippen molar-refractivity contribution in [3.05, 3.63) is 17.7 Å². The molecule has 0 fully saturated rings. The zero-order chi connectivity index (χ0) is 44.1. The number of hydrogen-bond acceptors (Lipinski definition) is 6. The molecule has 0 saturated heterocycles. The molecule has 0 unspecified atom stereocenters. The lowest BCUT2D eigenvalue weighted by Gasteiger charge is -2.19. The van der Waals surface area contributed by atoms with Gasteiger partial charge in [0.2, 0.25) is 11.7 Å². The van der Waals surface area contributed by atoms with E-state index in [1.54, 1.807) is 0 Å². The van der Waals surface area contributed by atoms with Crippen LogP contribution in [-0.2, 0) is 4.79 Å². The fraction of sp³-hybridized carbons (Fsp3) is 0.849. The van der Waals surface area contributed by atoms with Gasteiger partial charge in [0, 0.05) is 31.7 Å². The van der Waals surface area contributed by atoms with Gasteiger partial charge in [-0.3, -0.25) is 9.59 Å². The van der Waals surface area contributed by atoms with Crippen LogP contribution in [0.1, 0.15) is 262 Å². The summed E-state index contributed by atoms with van der Waals surface area (Å²) in [5.74, 6) is 1.61. The highest BCUT2D eigenvalue weighted by Gasteiger charge is 2.19. The average molecular weight is 859 g/mol. The number of ether oxygens (including phenoxy) is 3. The van der Waals surface area contributed by atoms with Gasteiger partial charge < -0.3 is 30.0 Å². The minimum Gasteiger partial charge on any atom is -0.490 e. The van der Waals surface area contributed by atoms with Crippen molar-refractivity contribution in [2.24, 2.45) is 0 Å². The van der Waals surface area contributed by atoms with Gasteiger partial charge in [-0.25, -0.2) is 0 Å². The lowest BCUT2D eigenvalue weighted by Crippen LogP contribution is -2.28. The van der Waals surface area contributed by atoms with Gasteiger partial charge in [0.1, 0.15) is 0 Å². The van der Waals surface area contributed by atoms with Crippen LogP contribution in [0.25, 0.3) is 0 Å². The average Bonchev–Trinajstić information content (AvgIpc) is 3.26. The molecule has 1 rings (SSSR count). The molecule has 0 saturated carbocycles. The molecule has 0 aromatic heterocycles. The molecule has 356 valence electrons. The Balaban J connectivity index is 2.90. The summed E-state index contributed by atoms with van der Waals surface area (Å²) in [4.78, 5) is 26.0. The van der Waals surface area contributed by atoms with Gasteiger partial charge >= 0.3 is 0 Å². The zero-order valence-electron chi connectivity index (χ0n) is 40.3. The van der Waals surface area contributed by atoms with E-state index in [2.05, 4.69) is 31.4 Å². The quantitative estimate of drug-likeness (QED) is 0.0564. The van der Waals surface area contributed by atoms with E-state index in [-0.39, 0.29) is 18.4 Å². The first kappa shape index (κ1) is 56.5. The Kier molecular flexibility index (Phi) is 40.9. The first-order valence-electron chi connectivity index (χ1n) is 26.3. The first-order chi connectivity index (χ1) is 30.1. The summed E-state index contributed by atoms with van der Waals surface area (Å²) in [6.45, 7) is 9.82. The molecular formula is C53H98N2O6. The van der Waals surface area contributed by atoms with E-state index in [0.29, 0.717) is 68.6 Å². The maximum absolute atomic E-state index is 13.6. The van der Waals surface area contributed by atoms with Crippen molar-refractivity contribution in [2.45, 2.75) is 252 Å². The summed E-state index contributed by atoms with van der Waals surface area (Å²) in [5.41, 5.74) is 0.495. The number of aliphatic hydroxyl groups is 1. The molecule has 0 spiro atoms. The largest absolute Gasteiger partial charge is 0.490 e. The van der Waals surface area contributed by atoms with E-state index in [9.17, 15) is 9.59 Å². The van der Waals surface area contributed by atoms with Crippen LogP contribution in [0.3, 0.4) is 0 Å². The molecule has 3 N–H and O–H groups in total. The minimum atomic E-state index is -0.196. The predicted octanol–water partition coefficient (Wildman–Crippen LogP) is 14.8. The predicted molar refractivity (Wildman–Crippen MR) is 259 cm³/mol. The molecule has 0 aliphatic heterocycles. The van der Waals surface area contributed by atoms with Crippen LogP contribution in [0, 0.1) is 0 Å². The van der Waals surface area contributed by atoms with Crippen molar-refractivity contribution in [3.63, 3.8) is 0 Å². The second-order valence-corrected chi connectivity index (χ2v) is 17.7. The smallest absolute Gasteiger partial charge is 0.251 e. The molecular weight excluding hydrogens is 761 g/mol. The number of rotatable bonds is 47. The highest BCUT2D eigenvalue weighted by atomic mass is 16.5. The Morgan fingerprint density at radius 1 is 0.426 bits per heavy atom. The third-order valence-corrected chi connectivity index (χ3v) is 11.8. The molecule has 0 atom stereocenters. The lowest BCUT2D eigenvalue weighted by atomic mass is 10.1.